The van der Waals surface area contributed by atoms with Gasteiger partial charge in [-0.25, -0.2) is 5.43 Å². The Balaban J connectivity index is 1.80. The number of rotatable bonds is 4. The highest BCUT2D eigenvalue weighted by atomic mass is 16.3. The van der Waals surface area contributed by atoms with Crippen LogP contribution in [0, 0.1) is 0 Å². The maximum Gasteiger partial charge on any atom is 0.329 e. The lowest BCUT2D eigenvalue weighted by Gasteiger charge is -2.03. The molecule has 0 fully saturated rings. The first-order valence-corrected chi connectivity index (χ1v) is 6.59. The molecular weight excluding hydrogens is 282 g/mol. The molecule has 0 spiro atoms. The van der Waals surface area contributed by atoms with Crippen molar-refractivity contribution < 1.29 is 14.7 Å². The van der Waals surface area contributed by atoms with Gasteiger partial charge in [-0.15, -0.1) is 0 Å². The van der Waals surface area contributed by atoms with E-state index in [0.29, 0.717) is 5.56 Å². The second-order valence-electron chi connectivity index (χ2n) is 4.46. The van der Waals surface area contributed by atoms with E-state index in [1.165, 1.54) is 18.3 Å². The predicted octanol–water partition coefficient (Wildman–Crippen LogP) is 1.16. The van der Waals surface area contributed by atoms with Gasteiger partial charge >= 0.3 is 11.8 Å². The number of phenolic OH excluding ortho intramolecular Hbond substituents is 1. The van der Waals surface area contributed by atoms with Crippen LogP contribution < -0.4 is 10.7 Å². The van der Waals surface area contributed by atoms with Crippen LogP contribution in [0.25, 0.3) is 0 Å². The lowest BCUT2D eigenvalue weighted by atomic mass is 10.2. The Labute approximate surface area is 127 Å². The van der Waals surface area contributed by atoms with Crippen molar-refractivity contribution in [1.29, 1.82) is 0 Å². The molecule has 22 heavy (non-hydrogen) atoms. The topological polar surface area (TPSA) is 90.8 Å². The molecule has 6 heteroatoms. The summed E-state index contributed by atoms with van der Waals surface area (Å²) in [7, 11) is 0. The van der Waals surface area contributed by atoms with E-state index in [2.05, 4.69) is 15.8 Å². The van der Waals surface area contributed by atoms with Crippen molar-refractivity contribution in [3.8, 4) is 5.75 Å². The molecule has 0 radical (unpaired) electrons. The molecule has 0 aromatic heterocycles. The summed E-state index contributed by atoms with van der Waals surface area (Å²) in [6.45, 7) is 0.267. The summed E-state index contributed by atoms with van der Waals surface area (Å²) >= 11 is 0. The average molecular weight is 297 g/mol. The van der Waals surface area contributed by atoms with Crippen molar-refractivity contribution in [2.75, 3.05) is 0 Å². The van der Waals surface area contributed by atoms with E-state index in [-0.39, 0.29) is 12.3 Å². The van der Waals surface area contributed by atoms with Gasteiger partial charge in [-0.3, -0.25) is 9.59 Å². The zero-order chi connectivity index (χ0) is 15.8. The molecule has 0 saturated carbocycles. The summed E-state index contributed by atoms with van der Waals surface area (Å²) in [6, 6.07) is 15.6. The summed E-state index contributed by atoms with van der Waals surface area (Å²) < 4.78 is 0. The van der Waals surface area contributed by atoms with Crippen molar-refractivity contribution in [3.05, 3.63) is 65.7 Å². The lowest BCUT2D eigenvalue weighted by molar-refractivity contribution is -0.139. The molecule has 0 bridgehead atoms. The van der Waals surface area contributed by atoms with Gasteiger partial charge in [-0.05, 0) is 23.3 Å². The van der Waals surface area contributed by atoms with Crippen LogP contribution in [0.1, 0.15) is 11.1 Å². The van der Waals surface area contributed by atoms with Crippen LogP contribution in [0.2, 0.25) is 0 Å². The standard InChI is InChI=1S/C16H15N3O3/c20-14-8-4-7-13(9-14)11-18-19-16(22)15(21)17-10-12-5-2-1-3-6-12/h1-9,11,20H,10H2,(H,17,21)(H,19,22)/b18-11-. The Morgan fingerprint density at radius 1 is 1.05 bits per heavy atom. The number of hydrazone groups is 1. The van der Waals surface area contributed by atoms with Crippen LogP contribution in [0.4, 0.5) is 0 Å². The van der Waals surface area contributed by atoms with Crippen LogP contribution in [-0.4, -0.2) is 23.1 Å². The largest absolute Gasteiger partial charge is 0.508 e. The first-order chi connectivity index (χ1) is 10.6. The zero-order valence-corrected chi connectivity index (χ0v) is 11.7. The van der Waals surface area contributed by atoms with Crippen molar-refractivity contribution in [2.45, 2.75) is 6.54 Å². The van der Waals surface area contributed by atoms with Gasteiger partial charge in [0.1, 0.15) is 5.75 Å². The molecule has 0 saturated heterocycles. The summed E-state index contributed by atoms with van der Waals surface area (Å²) in [5.74, 6) is -1.53. The minimum atomic E-state index is -0.854. The third-order valence-corrected chi connectivity index (χ3v) is 2.75. The monoisotopic (exact) mass is 297 g/mol. The molecule has 0 heterocycles. The van der Waals surface area contributed by atoms with Gasteiger partial charge in [0.05, 0.1) is 6.21 Å². The molecule has 2 rings (SSSR count). The number of nitrogens with zero attached hydrogens (tertiary/aromatic N) is 1. The average Bonchev–Trinajstić information content (AvgIpc) is 2.53. The Bertz CT molecular complexity index is 684. The van der Waals surface area contributed by atoms with Crippen LogP contribution in [0.15, 0.2) is 59.7 Å². The summed E-state index contributed by atoms with van der Waals surface area (Å²) in [5.41, 5.74) is 3.62. The predicted molar refractivity (Wildman–Crippen MR) is 82.1 cm³/mol. The summed E-state index contributed by atoms with van der Waals surface area (Å²) in [5, 5.41) is 15.4. The molecule has 6 nitrogen and oxygen atoms in total. The molecule has 112 valence electrons. The van der Waals surface area contributed by atoms with E-state index in [9.17, 15) is 14.7 Å². The Morgan fingerprint density at radius 2 is 1.82 bits per heavy atom. The van der Waals surface area contributed by atoms with Gasteiger partial charge < -0.3 is 10.4 Å². The first-order valence-electron chi connectivity index (χ1n) is 6.59. The quantitative estimate of drug-likeness (QED) is 0.449. The summed E-state index contributed by atoms with van der Waals surface area (Å²) in [4.78, 5) is 23.1. The van der Waals surface area contributed by atoms with E-state index < -0.39 is 11.8 Å². The van der Waals surface area contributed by atoms with Gasteiger partial charge in [-0.2, -0.15) is 5.10 Å². The molecule has 2 aromatic carbocycles. The minimum absolute atomic E-state index is 0.0934. The number of nitrogens with one attached hydrogen (secondary N) is 2. The highest BCUT2D eigenvalue weighted by Gasteiger charge is 2.11. The van der Waals surface area contributed by atoms with Crippen molar-refractivity contribution in [3.63, 3.8) is 0 Å². The smallest absolute Gasteiger partial charge is 0.329 e. The number of benzene rings is 2. The van der Waals surface area contributed by atoms with E-state index in [4.69, 9.17) is 0 Å². The van der Waals surface area contributed by atoms with E-state index in [1.807, 2.05) is 30.3 Å². The fourth-order valence-corrected chi connectivity index (χ4v) is 1.68. The van der Waals surface area contributed by atoms with Crippen LogP contribution in [-0.2, 0) is 16.1 Å². The van der Waals surface area contributed by atoms with Crippen LogP contribution in [0.3, 0.4) is 0 Å². The Kier molecular flexibility index (Phi) is 5.25. The molecule has 0 unspecified atom stereocenters. The van der Waals surface area contributed by atoms with Crippen molar-refractivity contribution in [1.82, 2.24) is 10.7 Å². The van der Waals surface area contributed by atoms with E-state index >= 15 is 0 Å². The van der Waals surface area contributed by atoms with Gasteiger partial charge in [0.25, 0.3) is 0 Å². The van der Waals surface area contributed by atoms with Gasteiger partial charge in [0.15, 0.2) is 0 Å². The second kappa shape index (κ2) is 7.58. The van der Waals surface area contributed by atoms with Crippen molar-refractivity contribution in [2.24, 2.45) is 5.10 Å². The van der Waals surface area contributed by atoms with E-state index in [0.717, 1.165) is 5.56 Å². The number of carbonyl (C=O) groups excluding carboxylic acids is 2. The number of aromatic hydroxyl groups is 1. The fraction of sp³-hybridized carbons (Fsp3) is 0.0625. The Morgan fingerprint density at radius 3 is 2.55 bits per heavy atom. The van der Waals surface area contributed by atoms with Gasteiger partial charge in [0, 0.05) is 6.54 Å². The van der Waals surface area contributed by atoms with Crippen LogP contribution >= 0.6 is 0 Å². The maximum absolute atomic E-state index is 11.6. The second-order valence-corrected chi connectivity index (χ2v) is 4.46. The molecular formula is C16H15N3O3. The SMILES string of the molecule is O=C(NCc1ccccc1)C(=O)N/N=C\c1cccc(O)c1. The lowest BCUT2D eigenvalue weighted by Crippen LogP contribution is -2.37. The molecule has 0 atom stereocenters. The molecule has 2 amide bonds. The van der Waals surface area contributed by atoms with Crippen LogP contribution in [0.5, 0.6) is 5.75 Å². The third-order valence-electron chi connectivity index (χ3n) is 2.75. The molecule has 0 aliphatic heterocycles. The minimum Gasteiger partial charge on any atom is -0.508 e. The Hall–Kier alpha value is -3.15. The number of hydrogen-bond donors (Lipinski definition) is 3. The highest BCUT2D eigenvalue weighted by Crippen LogP contribution is 2.08. The molecule has 2 aromatic rings. The first kappa shape index (κ1) is 15.2. The number of carbonyl (C=O) groups is 2. The van der Waals surface area contributed by atoms with Gasteiger partial charge in [0.2, 0.25) is 0 Å². The highest BCUT2D eigenvalue weighted by molar-refractivity contribution is 6.35. The molecule has 0 aliphatic carbocycles. The number of amides is 2. The summed E-state index contributed by atoms with van der Waals surface area (Å²) in [6.07, 6.45) is 1.34. The number of phenols is 1. The molecule has 3 N–H and O–H groups in total. The van der Waals surface area contributed by atoms with E-state index in [1.54, 1.807) is 12.1 Å². The fourth-order valence-electron chi connectivity index (χ4n) is 1.68. The maximum atomic E-state index is 11.6. The normalized spacial score (nSPS) is 10.4. The van der Waals surface area contributed by atoms with Gasteiger partial charge in [-0.1, -0.05) is 42.5 Å². The molecule has 0 aliphatic rings. The third kappa shape index (κ3) is 4.75. The van der Waals surface area contributed by atoms with Crippen molar-refractivity contribution >= 4 is 18.0 Å². The number of hydrogen-bond acceptors (Lipinski definition) is 4. The zero-order valence-electron chi connectivity index (χ0n) is 11.7.